The van der Waals surface area contributed by atoms with E-state index in [1.807, 2.05) is 4.90 Å². The highest BCUT2D eigenvalue weighted by atomic mass is 32.2. The average Bonchev–Trinajstić information content (AvgIpc) is 3.35. The SMILES string of the molecule is O=C(OC1CN(c2nc3c(c(NC4CCOCC4)n2)[S@+]([O-])CC3)C1)c1cnsc1. The molecule has 0 radical (unpaired) electrons. The van der Waals surface area contributed by atoms with E-state index in [0.29, 0.717) is 42.6 Å². The van der Waals surface area contributed by atoms with Crippen molar-refractivity contribution in [3.63, 3.8) is 0 Å². The molecule has 5 heterocycles. The number of carbonyl (C=O) groups excluding carboxylic acids is 1. The van der Waals surface area contributed by atoms with Gasteiger partial charge in [-0.25, -0.2) is 14.2 Å². The zero-order chi connectivity index (χ0) is 19.8. The maximum Gasteiger partial charge on any atom is 0.341 e. The fourth-order valence-corrected chi connectivity index (χ4v) is 5.48. The Morgan fingerprint density at radius 2 is 2.17 bits per heavy atom. The molecule has 0 unspecified atom stereocenters. The second kappa shape index (κ2) is 8.05. The molecule has 0 saturated carbocycles. The second-order valence-corrected chi connectivity index (χ2v) is 9.49. The smallest absolute Gasteiger partial charge is 0.341 e. The Morgan fingerprint density at radius 3 is 2.93 bits per heavy atom. The molecule has 29 heavy (non-hydrogen) atoms. The van der Waals surface area contributed by atoms with Crippen LogP contribution in [0.25, 0.3) is 0 Å². The summed E-state index contributed by atoms with van der Waals surface area (Å²) in [6.45, 7) is 2.53. The first-order valence-electron chi connectivity index (χ1n) is 9.66. The number of ether oxygens (including phenoxy) is 2. The summed E-state index contributed by atoms with van der Waals surface area (Å²) in [5.74, 6) is 1.51. The van der Waals surface area contributed by atoms with E-state index >= 15 is 0 Å². The molecule has 154 valence electrons. The maximum atomic E-state index is 12.5. The van der Waals surface area contributed by atoms with E-state index in [0.717, 1.165) is 36.6 Å². The van der Waals surface area contributed by atoms with Crippen LogP contribution in [-0.2, 0) is 27.1 Å². The zero-order valence-electron chi connectivity index (χ0n) is 15.7. The molecule has 2 aromatic heterocycles. The van der Waals surface area contributed by atoms with Gasteiger partial charge in [-0.3, -0.25) is 0 Å². The van der Waals surface area contributed by atoms with Crippen LogP contribution in [-0.4, -0.2) is 69.1 Å². The lowest BCUT2D eigenvalue weighted by Gasteiger charge is -2.38. The molecule has 3 aliphatic heterocycles. The minimum atomic E-state index is -1.06. The summed E-state index contributed by atoms with van der Waals surface area (Å²) < 4.78 is 27.3. The van der Waals surface area contributed by atoms with Crippen LogP contribution in [0.4, 0.5) is 11.8 Å². The largest absolute Gasteiger partial charge is 0.611 e. The van der Waals surface area contributed by atoms with E-state index in [1.165, 1.54) is 17.7 Å². The lowest BCUT2D eigenvalue weighted by molar-refractivity contribution is 0.0231. The van der Waals surface area contributed by atoms with Gasteiger partial charge in [0.15, 0.2) is 5.82 Å². The van der Waals surface area contributed by atoms with Crippen LogP contribution in [0.3, 0.4) is 0 Å². The third kappa shape index (κ3) is 3.91. The van der Waals surface area contributed by atoms with E-state index in [4.69, 9.17) is 14.5 Å². The topological polar surface area (TPSA) is 113 Å². The summed E-state index contributed by atoms with van der Waals surface area (Å²) in [4.78, 5) is 24.1. The van der Waals surface area contributed by atoms with Crippen LogP contribution >= 0.6 is 11.5 Å². The molecule has 3 aliphatic rings. The van der Waals surface area contributed by atoms with E-state index < -0.39 is 11.2 Å². The van der Waals surface area contributed by atoms with Crippen molar-refractivity contribution >= 4 is 40.4 Å². The van der Waals surface area contributed by atoms with Gasteiger partial charge in [-0.1, -0.05) is 0 Å². The van der Waals surface area contributed by atoms with Crippen LogP contribution in [0.1, 0.15) is 28.9 Å². The summed E-state index contributed by atoms with van der Waals surface area (Å²) in [5.41, 5.74) is 1.33. The molecule has 2 fully saturated rings. The molecule has 9 nitrogen and oxygen atoms in total. The summed E-state index contributed by atoms with van der Waals surface area (Å²) in [6.07, 6.45) is 3.82. The van der Waals surface area contributed by atoms with Crippen LogP contribution in [0.15, 0.2) is 16.5 Å². The number of fused-ring (bicyclic) bond motifs is 1. The molecule has 1 N–H and O–H groups in total. The number of nitrogens with zero attached hydrogens (tertiary/aromatic N) is 4. The Kier molecular flexibility index (Phi) is 5.29. The monoisotopic (exact) mass is 435 g/mol. The molecule has 11 heteroatoms. The molecule has 0 bridgehead atoms. The van der Waals surface area contributed by atoms with Gasteiger partial charge in [0.2, 0.25) is 10.8 Å². The average molecular weight is 436 g/mol. The molecule has 0 aliphatic carbocycles. The van der Waals surface area contributed by atoms with Gasteiger partial charge in [-0.2, -0.15) is 4.98 Å². The first-order valence-corrected chi connectivity index (χ1v) is 11.8. The van der Waals surface area contributed by atoms with Crippen LogP contribution in [0, 0.1) is 0 Å². The van der Waals surface area contributed by atoms with Crippen molar-refractivity contribution in [3.8, 4) is 0 Å². The van der Waals surface area contributed by atoms with Crippen molar-refractivity contribution in [2.24, 2.45) is 0 Å². The first kappa shape index (κ1) is 19.0. The van der Waals surface area contributed by atoms with Gasteiger partial charge in [0, 0.05) is 31.1 Å². The number of aryl methyl sites for hydroxylation is 1. The Morgan fingerprint density at radius 1 is 1.34 bits per heavy atom. The maximum absolute atomic E-state index is 12.5. The van der Waals surface area contributed by atoms with Gasteiger partial charge < -0.3 is 24.2 Å². The number of esters is 1. The predicted octanol–water partition coefficient (Wildman–Crippen LogP) is 1.23. The van der Waals surface area contributed by atoms with E-state index in [9.17, 15) is 9.35 Å². The van der Waals surface area contributed by atoms with Gasteiger partial charge >= 0.3 is 5.97 Å². The minimum Gasteiger partial charge on any atom is -0.611 e. The van der Waals surface area contributed by atoms with Crippen molar-refractivity contribution in [3.05, 3.63) is 22.8 Å². The van der Waals surface area contributed by atoms with E-state index in [1.54, 1.807) is 5.38 Å². The van der Waals surface area contributed by atoms with Crippen LogP contribution < -0.4 is 10.2 Å². The summed E-state index contributed by atoms with van der Waals surface area (Å²) in [6, 6.07) is 0.262. The van der Waals surface area contributed by atoms with Crippen molar-refractivity contribution in [1.29, 1.82) is 0 Å². The highest BCUT2D eigenvalue weighted by molar-refractivity contribution is 7.91. The van der Waals surface area contributed by atoms with Crippen LogP contribution in [0.5, 0.6) is 0 Å². The molecule has 2 aromatic rings. The van der Waals surface area contributed by atoms with E-state index in [2.05, 4.69) is 14.7 Å². The Balaban J connectivity index is 1.28. The highest BCUT2D eigenvalue weighted by Crippen LogP contribution is 2.34. The standard InChI is InChI=1S/C18H21N5O4S2/c24-17(11-7-19-28-10-11)27-13-8-23(9-13)18-21-14-3-6-29(25)15(14)16(22-18)20-12-1-4-26-5-2-12/h7,10,12-13H,1-6,8-9H2,(H,20,21,22)/t29-/m1/s1. The zero-order valence-corrected chi connectivity index (χ0v) is 17.3. The molecule has 2 saturated heterocycles. The summed E-state index contributed by atoms with van der Waals surface area (Å²) in [5, 5.41) is 5.15. The predicted molar refractivity (Wildman–Crippen MR) is 108 cm³/mol. The minimum absolute atomic E-state index is 0.194. The number of hydrogen-bond donors (Lipinski definition) is 1. The van der Waals surface area contributed by atoms with Gasteiger partial charge in [0.05, 0.1) is 24.8 Å². The Hall–Kier alpha value is -1.95. The molecule has 0 amide bonds. The fraction of sp³-hybridized carbons (Fsp3) is 0.556. The number of aromatic nitrogens is 3. The number of nitrogens with one attached hydrogen (secondary N) is 1. The molecule has 5 rings (SSSR count). The summed E-state index contributed by atoms with van der Waals surface area (Å²) in [7, 11) is 0. The molecule has 1 atom stereocenters. The van der Waals surface area contributed by atoms with Crippen molar-refractivity contribution < 1.29 is 18.8 Å². The number of carbonyl (C=O) groups is 1. The first-order chi connectivity index (χ1) is 14.2. The lowest BCUT2D eigenvalue weighted by atomic mass is 10.1. The van der Waals surface area contributed by atoms with E-state index in [-0.39, 0.29) is 18.1 Å². The molecular formula is C18H21N5O4S2. The van der Waals surface area contributed by atoms with Crippen molar-refractivity contribution in [2.45, 2.75) is 36.3 Å². The van der Waals surface area contributed by atoms with Crippen molar-refractivity contribution in [1.82, 2.24) is 14.3 Å². The fourth-order valence-electron chi connectivity index (χ4n) is 3.66. The molecule has 0 spiro atoms. The molecular weight excluding hydrogens is 414 g/mol. The van der Waals surface area contributed by atoms with Gasteiger partial charge in [-0.15, -0.1) is 0 Å². The third-order valence-corrected chi connectivity index (χ3v) is 7.36. The number of rotatable bonds is 5. The number of hydrogen-bond acceptors (Lipinski definition) is 10. The van der Waals surface area contributed by atoms with Crippen LogP contribution in [0.2, 0.25) is 0 Å². The number of anilines is 2. The third-order valence-electron chi connectivity index (χ3n) is 5.31. The second-order valence-electron chi connectivity index (χ2n) is 7.32. The van der Waals surface area contributed by atoms with Gasteiger partial charge in [-0.05, 0) is 35.5 Å². The summed E-state index contributed by atoms with van der Waals surface area (Å²) >= 11 is 0.162. The van der Waals surface area contributed by atoms with Gasteiger partial charge in [0.1, 0.15) is 17.6 Å². The normalized spacial score (nSPS) is 22.2. The Bertz CT molecular complexity index is 885. The quantitative estimate of drug-likeness (QED) is 0.547. The van der Waals surface area contributed by atoms with Crippen molar-refractivity contribution in [2.75, 3.05) is 42.3 Å². The lowest BCUT2D eigenvalue weighted by Crippen LogP contribution is -2.53. The Labute approximate surface area is 175 Å². The molecule has 0 aromatic carbocycles. The highest BCUT2D eigenvalue weighted by Gasteiger charge is 2.37. The van der Waals surface area contributed by atoms with Gasteiger partial charge in [0.25, 0.3) is 0 Å².